The highest BCUT2D eigenvalue weighted by Crippen LogP contribution is 2.28. The van der Waals surface area contributed by atoms with Gasteiger partial charge in [0.05, 0.1) is 17.7 Å². The maximum absolute atomic E-state index is 13.3. The molecule has 0 bridgehead atoms. The summed E-state index contributed by atoms with van der Waals surface area (Å²) in [6.45, 7) is 2.01. The number of rotatable bonds is 3. The molecule has 0 N–H and O–H groups in total. The third-order valence-corrected chi connectivity index (χ3v) is 6.16. The van der Waals surface area contributed by atoms with Gasteiger partial charge in [-0.2, -0.15) is 0 Å². The zero-order valence-corrected chi connectivity index (χ0v) is 17.8. The van der Waals surface area contributed by atoms with Gasteiger partial charge in [-0.3, -0.25) is 19.3 Å². The second-order valence-electron chi connectivity index (χ2n) is 8.22. The van der Waals surface area contributed by atoms with Crippen LogP contribution < -0.4 is 4.90 Å². The first-order chi connectivity index (χ1) is 15.5. The lowest BCUT2D eigenvalue weighted by Gasteiger charge is -2.21. The van der Waals surface area contributed by atoms with Crippen molar-refractivity contribution in [3.05, 3.63) is 101 Å². The van der Waals surface area contributed by atoms with Crippen molar-refractivity contribution < 1.29 is 14.4 Å². The van der Waals surface area contributed by atoms with Crippen LogP contribution in [0.3, 0.4) is 0 Å². The molecule has 32 heavy (non-hydrogen) atoms. The maximum atomic E-state index is 13.3. The van der Waals surface area contributed by atoms with Crippen molar-refractivity contribution in [2.45, 2.75) is 13.1 Å². The van der Waals surface area contributed by atoms with E-state index in [9.17, 15) is 14.4 Å². The second-order valence-corrected chi connectivity index (χ2v) is 8.22. The van der Waals surface area contributed by atoms with E-state index in [-0.39, 0.29) is 24.3 Å². The number of hydrogen-bond donors (Lipinski definition) is 0. The average molecular weight is 425 g/mol. The summed E-state index contributed by atoms with van der Waals surface area (Å²) in [6, 6.07) is 22.3. The molecule has 0 fully saturated rings. The molecule has 5 rings (SSSR count). The van der Waals surface area contributed by atoms with E-state index in [0.29, 0.717) is 29.8 Å². The highest BCUT2D eigenvalue weighted by molar-refractivity contribution is 6.22. The van der Waals surface area contributed by atoms with Crippen LogP contribution in [0.5, 0.6) is 0 Å². The van der Waals surface area contributed by atoms with Gasteiger partial charge in [0.2, 0.25) is 0 Å². The highest BCUT2D eigenvalue weighted by atomic mass is 16.2. The fourth-order valence-electron chi connectivity index (χ4n) is 4.38. The first kappa shape index (κ1) is 20.0. The van der Waals surface area contributed by atoms with E-state index in [1.54, 1.807) is 23.1 Å². The summed E-state index contributed by atoms with van der Waals surface area (Å²) >= 11 is 0. The number of fused-ring (bicyclic) bond motifs is 2. The molecule has 0 aliphatic carbocycles. The topological polar surface area (TPSA) is 60.9 Å². The van der Waals surface area contributed by atoms with Gasteiger partial charge in [-0.25, -0.2) is 0 Å². The van der Waals surface area contributed by atoms with E-state index in [2.05, 4.69) is 11.0 Å². The number of carbonyl (C=O) groups is 3. The Labute approximate surface area is 186 Å². The number of carbonyl (C=O) groups excluding carboxylic acids is 3. The Bertz CT molecular complexity index is 1220. The summed E-state index contributed by atoms with van der Waals surface area (Å²) in [6.07, 6.45) is 0. The zero-order chi connectivity index (χ0) is 22.2. The molecular formula is C26H23N3O3. The number of likely N-dealkylation sites (N-methyl/N-ethyl adjacent to an activating group) is 1. The van der Waals surface area contributed by atoms with Gasteiger partial charge < -0.3 is 9.80 Å². The Morgan fingerprint density at radius 2 is 1.56 bits per heavy atom. The number of nitrogens with zero attached hydrogens (tertiary/aromatic N) is 3. The Kier molecular flexibility index (Phi) is 4.98. The summed E-state index contributed by atoms with van der Waals surface area (Å²) in [5.41, 5.74) is 4.16. The van der Waals surface area contributed by atoms with Gasteiger partial charge in [-0.05, 0) is 35.4 Å². The van der Waals surface area contributed by atoms with Gasteiger partial charge in [-0.15, -0.1) is 0 Å². The fourth-order valence-corrected chi connectivity index (χ4v) is 4.38. The van der Waals surface area contributed by atoms with Crippen LogP contribution in [0.2, 0.25) is 0 Å². The number of benzene rings is 3. The normalized spacial score (nSPS) is 15.5. The van der Waals surface area contributed by atoms with Crippen LogP contribution >= 0.6 is 0 Å². The molecular weight excluding hydrogens is 402 g/mol. The largest absolute Gasteiger partial charge is 0.373 e. The van der Waals surface area contributed by atoms with Crippen molar-refractivity contribution in [2.75, 3.05) is 25.0 Å². The molecule has 0 aromatic heterocycles. The van der Waals surface area contributed by atoms with Gasteiger partial charge in [0.1, 0.15) is 0 Å². The van der Waals surface area contributed by atoms with Crippen LogP contribution in [0.4, 0.5) is 5.69 Å². The molecule has 2 aliphatic rings. The minimum Gasteiger partial charge on any atom is -0.373 e. The van der Waals surface area contributed by atoms with Crippen molar-refractivity contribution in [1.29, 1.82) is 0 Å². The molecule has 3 aromatic carbocycles. The minimum atomic E-state index is -0.357. The third kappa shape index (κ3) is 3.43. The Balaban J connectivity index is 1.40. The van der Waals surface area contributed by atoms with Crippen molar-refractivity contribution in [1.82, 2.24) is 9.80 Å². The van der Waals surface area contributed by atoms with Gasteiger partial charge in [0.25, 0.3) is 17.7 Å². The summed E-state index contributed by atoms with van der Waals surface area (Å²) < 4.78 is 0. The molecule has 160 valence electrons. The van der Waals surface area contributed by atoms with Crippen molar-refractivity contribution in [3.63, 3.8) is 0 Å². The second kappa shape index (κ2) is 7.96. The molecule has 6 heteroatoms. The third-order valence-electron chi connectivity index (χ3n) is 6.16. The first-order valence-electron chi connectivity index (χ1n) is 10.7. The molecule has 0 saturated carbocycles. The van der Waals surface area contributed by atoms with E-state index in [4.69, 9.17) is 0 Å². The van der Waals surface area contributed by atoms with E-state index in [0.717, 1.165) is 23.4 Å². The number of anilines is 1. The van der Waals surface area contributed by atoms with E-state index < -0.39 is 0 Å². The van der Waals surface area contributed by atoms with Crippen LogP contribution in [-0.2, 0) is 13.1 Å². The van der Waals surface area contributed by atoms with Crippen LogP contribution in [0.1, 0.15) is 42.2 Å². The van der Waals surface area contributed by atoms with Crippen molar-refractivity contribution >= 4 is 23.4 Å². The average Bonchev–Trinajstić information content (AvgIpc) is 2.96. The zero-order valence-electron chi connectivity index (χ0n) is 17.8. The molecule has 0 unspecified atom stereocenters. The summed E-state index contributed by atoms with van der Waals surface area (Å²) in [5, 5.41) is 0. The lowest BCUT2D eigenvalue weighted by molar-refractivity contribution is 0.0642. The Hall–Kier alpha value is -3.93. The van der Waals surface area contributed by atoms with Crippen molar-refractivity contribution in [2.24, 2.45) is 0 Å². The van der Waals surface area contributed by atoms with E-state index in [1.807, 2.05) is 55.6 Å². The smallest absolute Gasteiger partial charge is 0.261 e. The molecule has 0 atom stereocenters. The summed E-state index contributed by atoms with van der Waals surface area (Å²) in [4.78, 5) is 44.3. The molecule has 3 aromatic rings. The molecule has 0 radical (unpaired) electrons. The number of para-hydroxylation sites is 1. The van der Waals surface area contributed by atoms with Crippen LogP contribution in [-0.4, -0.2) is 47.7 Å². The van der Waals surface area contributed by atoms with Crippen LogP contribution in [0, 0.1) is 0 Å². The molecule has 2 heterocycles. The van der Waals surface area contributed by atoms with Gasteiger partial charge in [-0.1, -0.05) is 48.5 Å². The highest BCUT2D eigenvalue weighted by Gasteiger charge is 2.36. The van der Waals surface area contributed by atoms with Gasteiger partial charge >= 0.3 is 0 Å². The maximum Gasteiger partial charge on any atom is 0.261 e. The van der Waals surface area contributed by atoms with E-state index >= 15 is 0 Å². The quantitative estimate of drug-likeness (QED) is 0.602. The number of hydrogen-bond acceptors (Lipinski definition) is 4. The predicted octanol–water partition coefficient (Wildman–Crippen LogP) is 3.58. The molecule has 3 amide bonds. The molecule has 0 spiro atoms. The lowest BCUT2D eigenvalue weighted by atomic mass is 10.0. The molecule has 2 aliphatic heterocycles. The Morgan fingerprint density at radius 3 is 2.38 bits per heavy atom. The van der Waals surface area contributed by atoms with E-state index in [1.165, 1.54) is 4.90 Å². The summed E-state index contributed by atoms with van der Waals surface area (Å²) in [5.74, 6) is -0.817. The summed E-state index contributed by atoms with van der Waals surface area (Å²) in [7, 11) is 2.02. The molecule has 6 nitrogen and oxygen atoms in total. The SMILES string of the molecule is CN1CCN(C(=O)c2ccc3c(c2)C(=O)N(Cc2ccccc2)C3=O)Cc2ccccc21. The predicted molar refractivity (Wildman–Crippen MR) is 122 cm³/mol. The standard InChI is InChI=1S/C26H23N3O3/c1-27-13-14-28(17-20-9-5-6-10-23(20)27)24(30)19-11-12-21-22(15-19)26(32)29(25(21)31)16-18-7-3-2-4-8-18/h2-12,15H,13-14,16-17H2,1H3. The Morgan fingerprint density at radius 1 is 0.844 bits per heavy atom. The van der Waals surface area contributed by atoms with Crippen molar-refractivity contribution in [3.8, 4) is 0 Å². The van der Waals surface area contributed by atoms with Crippen LogP contribution in [0.25, 0.3) is 0 Å². The number of amides is 3. The first-order valence-corrected chi connectivity index (χ1v) is 10.7. The van der Waals surface area contributed by atoms with Gasteiger partial charge in [0.15, 0.2) is 0 Å². The monoisotopic (exact) mass is 425 g/mol. The molecule has 0 saturated heterocycles. The fraction of sp³-hybridized carbons (Fsp3) is 0.192. The lowest BCUT2D eigenvalue weighted by Crippen LogP contribution is -2.34. The number of imide groups is 1. The van der Waals surface area contributed by atoms with Gasteiger partial charge in [0, 0.05) is 37.9 Å². The van der Waals surface area contributed by atoms with Crippen LogP contribution in [0.15, 0.2) is 72.8 Å². The minimum absolute atomic E-state index is 0.139.